The van der Waals surface area contributed by atoms with Gasteiger partial charge >= 0.3 is 0 Å². The number of hydrogen-bond acceptors (Lipinski definition) is 4. The SMILES string of the molecule is COc1ccc(NC(=O)C(Sc2ccc(NC(=O)/C=C/c3ccccc3)cc2)c2ccccc2)cc1. The maximum absolute atomic E-state index is 13.2. The van der Waals surface area contributed by atoms with E-state index in [4.69, 9.17) is 4.74 Å². The van der Waals surface area contributed by atoms with Crippen molar-refractivity contribution in [3.8, 4) is 5.75 Å². The summed E-state index contributed by atoms with van der Waals surface area (Å²) in [6.45, 7) is 0. The second-order valence-corrected chi connectivity index (χ2v) is 9.06. The molecule has 2 N–H and O–H groups in total. The fourth-order valence-corrected chi connectivity index (χ4v) is 4.48. The lowest BCUT2D eigenvalue weighted by Crippen LogP contribution is -2.19. The molecule has 4 aromatic carbocycles. The number of carbonyl (C=O) groups excluding carboxylic acids is 2. The molecule has 0 aliphatic rings. The first kappa shape index (κ1) is 24.8. The van der Waals surface area contributed by atoms with Crippen LogP contribution >= 0.6 is 11.8 Å². The highest BCUT2D eigenvalue weighted by molar-refractivity contribution is 8.00. The fourth-order valence-electron chi connectivity index (χ4n) is 3.46. The van der Waals surface area contributed by atoms with Gasteiger partial charge in [-0.25, -0.2) is 0 Å². The Hall–Kier alpha value is -4.29. The third-order valence-electron chi connectivity index (χ3n) is 5.30. The van der Waals surface area contributed by atoms with Crippen molar-refractivity contribution in [2.24, 2.45) is 0 Å². The van der Waals surface area contributed by atoms with Crippen LogP contribution in [0, 0.1) is 0 Å². The molecule has 1 unspecified atom stereocenters. The number of methoxy groups -OCH3 is 1. The number of benzene rings is 4. The van der Waals surface area contributed by atoms with E-state index in [1.54, 1.807) is 13.2 Å². The van der Waals surface area contributed by atoms with Gasteiger partial charge in [0.05, 0.1) is 7.11 Å². The molecule has 0 saturated carbocycles. The van der Waals surface area contributed by atoms with Gasteiger partial charge in [0.25, 0.3) is 0 Å². The van der Waals surface area contributed by atoms with E-state index in [-0.39, 0.29) is 11.8 Å². The molecule has 0 aliphatic heterocycles. The first-order valence-corrected chi connectivity index (χ1v) is 12.3. The number of anilines is 2. The number of ether oxygens (including phenoxy) is 1. The highest BCUT2D eigenvalue weighted by Crippen LogP contribution is 2.36. The van der Waals surface area contributed by atoms with Crippen LogP contribution in [0.1, 0.15) is 16.4 Å². The molecular formula is C30H26N2O3S. The molecule has 0 aromatic heterocycles. The Morgan fingerprint density at radius 1 is 0.750 bits per heavy atom. The van der Waals surface area contributed by atoms with Gasteiger partial charge in [-0.15, -0.1) is 11.8 Å². The summed E-state index contributed by atoms with van der Waals surface area (Å²) in [6, 6.07) is 34.0. The summed E-state index contributed by atoms with van der Waals surface area (Å²) in [7, 11) is 1.60. The highest BCUT2D eigenvalue weighted by atomic mass is 32.2. The fraction of sp³-hybridized carbons (Fsp3) is 0.0667. The molecule has 4 aromatic rings. The van der Waals surface area contributed by atoms with E-state index in [0.29, 0.717) is 11.4 Å². The molecule has 0 bridgehead atoms. The number of nitrogens with one attached hydrogen (secondary N) is 2. The van der Waals surface area contributed by atoms with E-state index < -0.39 is 5.25 Å². The molecule has 0 heterocycles. The zero-order valence-corrected chi connectivity index (χ0v) is 20.6. The average molecular weight is 495 g/mol. The lowest BCUT2D eigenvalue weighted by molar-refractivity contribution is -0.116. The molecule has 5 nitrogen and oxygen atoms in total. The first-order valence-electron chi connectivity index (χ1n) is 11.4. The molecule has 0 aliphatic carbocycles. The first-order chi connectivity index (χ1) is 17.6. The summed E-state index contributed by atoms with van der Waals surface area (Å²) < 4.78 is 5.19. The summed E-state index contributed by atoms with van der Waals surface area (Å²) in [5.41, 5.74) is 3.24. The minimum Gasteiger partial charge on any atom is -0.497 e. The number of carbonyl (C=O) groups is 2. The summed E-state index contributed by atoms with van der Waals surface area (Å²) in [5.74, 6) is 0.393. The van der Waals surface area contributed by atoms with Crippen molar-refractivity contribution >= 4 is 41.0 Å². The summed E-state index contributed by atoms with van der Waals surface area (Å²) >= 11 is 1.45. The standard InChI is InChI=1S/C30H26N2O3S/c1-35-26-17-13-25(14-18-26)32-30(34)29(23-10-6-3-7-11-23)36-27-19-15-24(16-20-27)31-28(33)21-12-22-8-4-2-5-9-22/h2-21,29H,1H3,(H,31,33)(H,32,34)/b21-12+. The zero-order valence-electron chi connectivity index (χ0n) is 19.8. The monoisotopic (exact) mass is 494 g/mol. The maximum Gasteiger partial charge on any atom is 0.248 e. The molecule has 0 fully saturated rings. The molecule has 0 radical (unpaired) electrons. The van der Waals surface area contributed by atoms with Crippen LogP contribution in [0.15, 0.2) is 120 Å². The molecule has 1 atom stereocenters. The minimum absolute atomic E-state index is 0.125. The second-order valence-electron chi connectivity index (χ2n) is 7.88. The quantitative estimate of drug-likeness (QED) is 0.198. The number of thioether (sulfide) groups is 1. The Balaban J connectivity index is 1.43. The molecule has 180 valence electrons. The number of rotatable bonds is 9. The van der Waals surface area contributed by atoms with Gasteiger partial charge in [-0.1, -0.05) is 60.7 Å². The Morgan fingerprint density at radius 3 is 1.97 bits per heavy atom. The van der Waals surface area contributed by atoms with Gasteiger partial charge in [0.2, 0.25) is 11.8 Å². The van der Waals surface area contributed by atoms with Crippen molar-refractivity contribution in [1.29, 1.82) is 0 Å². The molecular weight excluding hydrogens is 468 g/mol. The number of amides is 2. The molecule has 36 heavy (non-hydrogen) atoms. The van der Waals surface area contributed by atoms with Gasteiger partial charge in [-0.3, -0.25) is 9.59 Å². The minimum atomic E-state index is -0.456. The second kappa shape index (κ2) is 12.4. The van der Waals surface area contributed by atoms with E-state index in [1.165, 1.54) is 17.8 Å². The maximum atomic E-state index is 13.2. The number of hydrogen-bond donors (Lipinski definition) is 2. The Labute approximate surface area is 215 Å². The lowest BCUT2D eigenvalue weighted by atomic mass is 10.1. The predicted molar refractivity (Wildman–Crippen MR) is 147 cm³/mol. The van der Waals surface area contributed by atoms with Crippen molar-refractivity contribution in [2.75, 3.05) is 17.7 Å². The van der Waals surface area contributed by atoms with Gasteiger partial charge < -0.3 is 15.4 Å². The third kappa shape index (κ3) is 7.10. The van der Waals surface area contributed by atoms with E-state index in [9.17, 15) is 9.59 Å². The lowest BCUT2D eigenvalue weighted by Gasteiger charge is -2.17. The van der Waals surface area contributed by atoms with Gasteiger partial charge in [0.1, 0.15) is 11.0 Å². The highest BCUT2D eigenvalue weighted by Gasteiger charge is 2.22. The van der Waals surface area contributed by atoms with Crippen LogP contribution in [-0.2, 0) is 9.59 Å². The van der Waals surface area contributed by atoms with E-state index in [0.717, 1.165) is 21.8 Å². The van der Waals surface area contributed by atoms with E-state index in [1.807, 2.05) is 109 Å². The van der Waals surface area contributed by atoms with Crippen LogP contribution in [0.4, 0.5) is 11.4 Å². The Bertz CT molecular complexity index is 1310. The summed E-state index contributed by atoms with van der Waals surface area (Å²) in [6.07, 6.45) is 3.28. The van der Waals surface area contributed by atoms with Crippen molar-refractivity contribution in [3.63, 3.8) is 0 Å². The molecule has 2 amide bonds. The Morgan fingerprint density at radius 2 is 1.33 bits per heavy atom. The van der Waals surface area contributed by atoms with Crippen LogP contribution < -0.4 is 15.4 Å². The molecule has 4 rings (SSSR count). The van der Waals surface area contributed by atoms with Crippen molar-refractivity contribution in [3.05, 3.63) is 126 Å². The predicted octanol–water partition coefficient (Wildman–Crippen LogP) is 6.82. The van der Waals surface area contributed by atoms with Gasteiger partial charge in [0.15, 0.2) is 0 Å². The van der Waals surface area contributed by atoms with Crippen LogP contribution in [0.5, 0.6) is 5.75 Å². The van der Waals surface area contributed by atoms with Gasteiger partial charge in [-0.2, -0.15) is 0 Å². The van der Waals surface area contributed by atoms with Crippen LogP contribution in [0.2, 0.25) is 0 Å². The topological polar surface area (TPSA) is 67.4 Å². The smallest absolute Gasteiger partial charge is 0.248 e. The van der Waals surface area contributed by atoms with Crippen LogP contribution in [0.3, 0.4) is 0 Å². The summed E-state index contributed by atoms with van der Waals surface area (Å²) in [5, 5.41) is 5.41. The largest absolute Gasteiger partial charge is 0.497 e. The molecule has 0 spiro atoms. The molecule has 6 heteroatoms. The molecule has 0 saturated heterocycles. The van der Waals surface area contributed by atoms with Gasteiger partial charge in [-0.05, 0) is 65.7 Å². The van der Waals surface area contributed by atoms with Crippen molar-refractivity contribution < 1.29 is 14.3 Å². The van der Waals surface area contributed by atoms with Crippen molar-refractivity contribution in [2.45, 2.75) is 10.1 Å². The van der Waals surface area contributed by atoms with Gasteiger partial charge in [0, 0.05) is 22.3 Å². The van der Waals surface area contributed by atoms with Crippen LogP contribution in [-0.4, -0.2) is 18.9 Å². The van der Waals surface area contributed by atoms with Crippen molar-refractivity contribution in [1.82, 2.24) is 0 Å². The average Bonchev–Trinajstić information content (AvgIpc) is 2.93. The zero-order chi connectivity index (χ0) is 25.2. The normalized spacial score (nSPS) is 11.6. The van der Waals surface area contributed by atoms with E-state index in [2.05, 4.69) is 10.6 Å². The Kier molecular flexibility index (Phi) is 8.57. The van der Waals surface area contributed by atoms with E-state index >= 15 is 0 Å². The summed E-state index contributed by atoms with van der Waals surface area (Å²) in [4.78, 5) is 26.4. The third-order valence-corrected chi connectivity index (χ3v) is 6.57. The van der Waals surface area contributed by atoms with Crippen LogP contribution in [0.25, 0.3) is 6.08 Å².